The SMILES string of the molecule is N#Cc1ccc(OCC(O)Cn2cc(-n3cccc3)cn2)cc1. The lowest BCUT2D eigenvalue weighted by atomic mass is 10.2. The lowest BCUT2D eigenvalue weighted by molar-refractivity contribution is 0.0893. The quantitative estimate of drug-likeness (QED) is 0.755. The Kier molecular flexibility index (Phi) is 4.41. The maximum atomic E-state index is 10.1. The number of rotatable bonds is 6. The first-order chi connectivity index (χ1) is 11.2. The van der Waals surface area contributed by atoms with E-state index in [9.17, 15) is 5.11 Å². The number of ether oxygens (including phenoxy) is 1. The van der Waals surface area contributed by atoms with Crippen molar-refractivity contribution in [1.29, 1.82) is 5.26 Å². The molecule has 116 valence electrons. The van der Waals surface area contributed by atoms with Gasteiger partial charge in [-0.05, 0) is 36.4 Å². The first kappa shape index (κ1) is 14.9. The Morgan fingerprint density at radius 1 is 1.22 bits per heavy atom. The van der Waals surface area contributed by atoms with Gasteiger partial charge in [0, 0.05) is 18.6 Å². The number of nitrogens with zero attached hydrogens (tertiary/aromatic N) is 4. The number of aromatic nitrogens is 3. The van der Waals surface area contributed by atoms with Gasteiger partial charge in [0.2, 0.25) is 0 Å². The highest BCUT2D eigenvalue weighted by atomic mass is 16.5. The molecule has 0 spiro atoms. The highest BCUT2D eigenvalue weighted by Crippen LogP contribution is 2.12. The van der Waals surface area contributed by atoms with Gasteiger partial charge in [0.05, 0.1) is 30.1 Å². The van der Waals surface area contributed by atoms with E-state index < -0.39 is 6.10 Å². The zero-order valence-electron chi connectivity index (χ0n) is 12.4. The van der Waals surface area contributed by atoms with Crippen LogP contribution in [-0.4, -0.2) is 32.2 Å². The van der Waals surface area contributed by atoms with E-state index in [4.69, 9.17) is 10.00 Å². The normalized spacial score (nSPS) is 11.8. The minimum atomic E-state index is -0.678. The number of aliphatic hydroxyl groups is 1. The van der Waals surface area contributed by atoms with Gasteiger partial charge in [-0.15, -0.1) is 0 Å². The molecule has 0 aliphatic heterocycles. The van der Waals surface area contributed by atoms with Crippen molar-refractivity contribution in [2.24, 2.45) is 0 Å². The van der Waals surface area contributed by atoms with E-state index in [1.807, 2.05) is 41.4 Å². The van der Waals surface area contributed by atoms with Crippen molar-refractivity contribution in [2.45, 2.75) is 12.6 Å². The fourth-order valence-electron chi connectivity index (χ4n) is 2.18. The van der Waals surface area contributed by atoms with Crippen molar-refractivity contribution in [3.8, 4) is 17.5 Å². The first-order valence-corrected chi connectivity index (χ1v) is 7.21. The molecule has 1 N–H and O–H groups in total. The molecule has 0 aliphatic carbocycles. The zero-order valence-corrected chi connectivity index (χ0v) is 12.4. The summed E-state index contributed by atoms with van der Waals surface area (Å²) in [5.41, 5.74) is 1.52. The lowest BCUT2D eigenvalue weighted by Gasteiger charge is -2.12. The molecular weight excluding hydrogens is 292 g/mol. The maximum Gasteiger partial charge on any atom is 0.119 e. The summed E-state index contributed by atoms with van der Waals surface area (Å²) >= 11 is 0. The van der Waals surface area contributed by atoms with E-state index >= 15 is 0 Å². The monoisotopic (exact) mass is 308 g/mol. The number of hydrogen-bond donors (Lipinski definition) is 1. The molecule has 0 bridgehead atoms. The average molecular weight is 308 g/mol. The van der Waals surface area contributed by atoms with Crippen molar-refractivity contribution < 1.29 is 9.84 Å². The number of nitriles is 1. The van der Waals surface area contributed by atoms with E-state index in [1.54, 1.807) is 35.1 Å². The zero-order chi connectivity index (χ0) is 16.1. The lowest BCUT2D eigenvalue weighted by Crippen LogP contribution is -2.23. The van der Waals surface area contributed by atoms with Crippen LogP contribution in [0.1, 0.15) is 5.56 Å². The van der Waals surface area contributed by atoms with Gasteiger partial charge in [0.25, 0.3) is 0 Å². The molecule has 3 aromatic rings. The van der Waals surface area contributed by atoms with Crippen LogP contribution >= 0.6 is 0 Å². The Morgan fingerprint density at radius 2 is 1.96 bits per heavy atom. The van der Waals surface area contributed by atoms with Crippen LogP contribution < -0.4 is 4.74 Å². The maximum absolute atomic E-state index is 10.1. The summed E-state index contributed by atoms with van der Waals surface area (Å²) in [6.07, 6.45) is 6.81. The molecule has 0 aliphatic rings. The standard InChI is InChI=1S/C17H16N4O2/c18-9-14-3-5-17(6-4-14)23-13-16(22)12-21-11-15(10-19-21)20-7-1-2-8-20/h1-8,10-11,16,22H,12-13H2. The van der Waals surface area contributed by atoms with Gasteiger partial charge in [-0.1, -0.05) is 0 Å². The van der Waals surface area contributed by atoms with Crippen LogP contribution in [0, 0.1) is 11.3 Å². The predicted octanol–water partition coefficient (Wildman–Crippen LogP) is 1.99. The molecule has 1 aromatic carbocycles. The Morgan fingerprint density at radius 3 is 2.65 bits per heavy atom. The largest absolute Gasteiger partial charge is 0.491 e. The Balaban J connectivity index is 1.53. The Hall–Kier alpha value is -3.04. The van der Waals surface area contributed by atoms with Crippen molar-refractivity contribution in [3.05, 3.63) is 66.7 Å². The smallest absolute Gasteiger partial charge is 0.119 e. The van der Waals surface area contributed by atoms with Crippen LogP contribution in [-0.2, 0) is 6.54 Å². The van der Waals surface area contributed by atoms with Crippen molar-refractivity contribution >= 4 is 0 Å². The highest BCUT2D eigenvalue weighted by Gasteiger charge is 2.08. The molecule has 0 radical (unpaired) electrons. The van der Waals surface area contributed by atoms with E-state index in [0.29, 0.717) is 17.9 Å². The minimum Gasteiger partial charge on any atom is -0.491 e. The van der Waals surface area contributed by atoms with E-state index in [2.05, 4.69) is 5.10 Å². The summed E-state index contributed by atoms with van der Waals surface area (Å²) < 4.78 is 9.14. The minimum absolute atomic E-state index is 0.157. The highest BCUT2D eigenvalue weighted by molar-refractivity contribution is 5.34. The van der Waals surface area contributed by atoms with Crippen LogP contribution in [0.2, 0.25) is 0 Å². The fraction of sp³-hybridized carbons (Fsp3) is 0.176. The van der Waals surface area contributed by atoms with Gasteiger partial charge >= 0.3 is 0 Å². The summed E-state index contributed by atoms with van der Waals surface area (Å²) in [6, 6.07) is 12.7. The Bertz CT molecular complexity index is 785. The van der Waals surface area contributed by atoms with Gasteiger partial charge in [0.1, 0.15) is 18.5 Å². The third kappa shape index (κ3) is 3.78. The first-order valence-electron chi connectivity index (χ1n) is 7.21. The summed E-state index contributed by atoms with van der Waals surface area (Å²) in [7, 11) is 0. The molecule has 0 fully saturated rings. The third-order valence-electron chi connectivity index (χ3n) is 3.35. The second-order valence-corrected chi connectivity index (χ2v) is 5.11. The molecule has 3 rings (SSSR count). The van der Waals surface area contributed by atoms with Crippen LogP contribution in [0.5, 0.6) is 5.75 Å². The summed E-state index contributed by atoms with van der Waals surface area (Å²) in [5, 5.41) is 23.0. The van der Waals surface area contributed by atoms with Gasteiger partial charge in [-0.2, -0.15) is 10.4 Å². The van der Waals surface area contributed by atoms with Crippen LogP contribution in [0.4, 0.5) is 0 Å². The van der Waals surface area contributed by atoms with Crippen LogP contribution in [0.25, 0.3) is 5.69 Å². The van der Waals surface area contributed by atoms with Gasteiger partial charge < -0.3 is 14.4 Å². The molecule has 2 aromatic heterocycles. The third-order valence-corrected chi connectivity index (χ3v) is 3.35. The number of benzene rings is 1. The molecule has 1 unspecified atom stereocenters. The molecule has 0 saturated heterocycles. The molecule has 23 heavy (non-hydrogen) atoms. The summed E-state index contributed by atoms with van der Waals surface area (Å²) in [5.74, 6) is 0.622. The second kappa shape index (κ2) is 6.81. The van der Waals surface area contributed by atoms with Gasteiger partial charge in [0.15, 0.2) is 0 Å². The van der Waals surface area contributed by atoms with Gasteiger partial charge in [-0.3, -0.25) is 4.68 Å². The molecule has 6 nitrogen and oxygen atoms in total. The van der Waals surface area contributed by atoms with Crippen molar-refractivity contribution in [1.82, 2.24) is 14.3 Å². The Labute approximate surface area is 133 Å². The summed E-state index contributed by atoms with van der Waals surface area (Å²) in [6.45, 7) is 0.502. The molecule has 1 atom stereocenters. The van der Waals surface area contributed by atoms with Crippen LogP contribution in [0.3, 0.4) is 0 Å². The molecule has 2 heterocycles. The average Bonchev–Trinajstić information content (AvgIpc) is 3.24. The number of hydrogen-bond acceptors (Lipinski definition) is 4. The van der Waals surface area contributed by atoms with Crippen molar-refractivity contribution in [2.75, 3.05) is 6.61 Å². The molecule has 6 heteroatoms. The van der Waals surface area contributed by atoms with E-state index in [1.165, 1.54) is 0 Å². The molecule has 0 saturated carbocycles. The summed E-state index contributed by atoms with van der Waals surface area (Å²) in [4.78, 5) is 0. The molecular formula is C17H16N4O2. The predicted molar refractivity (Wildman–Crippen MR) is 84.2 cm³/mol. The fourth-order valence-corrected chi connectivity index (χ4v) is 2.18. The topological polar surface area (TPSA) is 76.0 Å². The van der Waals surface area contributed by atoms with Crippen molar-refractivity contribution in [3.63, 3.8) is 0 Å². The number of aliphatic hydroxyl groups excluding tert-OH is 1. The molecule has 0 amide bonds. The van der Waals surface area contributed by atoms with E-state index in [-0.39, 0.29) is 6.61 Å². The van der Waals surface area contributed by atoms with E-state index in [0.717, 1.165) is 5.69 Å². The van der Waals surface area contributed by atoms with Gasteiger partial charge in [-0.25, -0.2) is 0 Å². The second-order valence-electron chi connectivity index (χ2n) is 5.11. The van der Waals surface area contributed by atoms with Crippen LogP contribution in [0.15, 0.2) is 61.2 Å².